The first kappa shape index (κ1) is 16.8. The summed E-state index contributed by atoms with van der Waals surface area (Å²) in [5, 5.41) is 11.6. The molecule has 0 aromatic heterocycles. The minimum absolute atomic E-state index is 0.0197. The van der Waals surface area contributed by atoms with Gasteiger partial charge in [-0.05, 0) is 36.8 Å². The largest absolute Gasteiger partial charge is 0.395 e. The van der Waals surface area contributed by atoms with E-state index >= 15 is 0 Å². The van der Waals surface area contributed by atoms with E-state index in [1.165, 1.54) is 22.4 Å². The summed E-state index contributed by atoms with van der Waals surface area (Å²) in [4.78, 5) is 13.1. The number of rotatable bonds is 7. The van der Waals surface area contributed by atoms with Crippen molar-refractivity contribution in [3.8, 4) is 0 Å². The molecule has 0 spiro atoms. The molecule has 0 fully saturated rings. The van der Waals surface area contributed by atoms with E-state index in [9.17, 15) is 4.79 Å². The molecule has 5 heteroatoms. The van der Waals surface area contributed by atoms with E-state index in [4.69, 9.17) is 9.84 Å². The Bertz CT molecular complexity index is 479. The van der Waals surface area contributed by atoms with E-state index in [1.54, 1.807) is 7.05 Å². The topological polar surface area (TPSA) is 61.8 Å². The van der Waals surface area contributed by atoms with Gasteiger partial charge in [-0.25, -0.2) is 4.79 Å². The van der Waals surface area contributed by atoms with Crippen LogP contribution in [0.4, 0.5) is 4.79 Å². The highest BCUT2D eigenvalue weighted by Gasteiger charge is 2.19. The van der Waals surface area contributed by atoms with Crippen molar-refractivity contribution in [2.24, 2.45) is 0 Å². The Labute approximate surface area is 132 Å². The molecule has 1 aromatic carbocycles. The molecule has 0 saturated heterocycles. The molecule has 1 unspecified atom stereocenters. The summed E-state index contributed by atoms with van der Waals surface area (Å²) in [6.07, 6.45) is 4.37. The van der Waals surface area contributed by atoms with Gasteiger partial charge in [-0.2, -0.15) is 0 Å². The monoisotopic (exact) mass is 306 g/mol. The normalized spacial score (nSPS) is 16.9. The molecular weight excluding hydrogens is 280 g/mol. The Kier molecular flexibility index (Phi) is 6.68. The van der Waals surface area contributed by atoms with Crippen LogP contribution in [0.15, 0.2) is 24.3 Å². The lowest BCUT2D eigenvalue weighted by Gasteiger charge is -2.25. The van der Waals surface area contributed by atoms with E-state index in [1.807, 2.05) is 0 Å². The first-order valence-electron chi connectivity index (χ1n) is 8.01. The van der Waals surface area contributed by atoms with Crippen molar-refractivity contribution in [3.05, 3.63) is 35.4 Å². The lowest BCUT2D eigenvalue weighted by molar-refractivity contribution is 0.0395. The van der Waals surface area contributed by atoms with Crippen molar-refractivity contribution in [1.82, 2.24) is 10.2 Å². The highest BCUT2D eigenvalue weighted by atomic mass is 16.5. The number of nitrogens with one attached hydrogen (secondary N) is 1. The first-order chi connectivity index (χ1) is 10.7. The molecule has 0 heterocycles. The molecule has 1 atom stereocenters. The smallest absolute Gasteiger partial charge is 0.317 e. The third-order valence-electron chi connectivity index (χ3n) is 4.01. The highest BCUT2D eigenvalue weighted by molar-refractivity contribution is 5.73. The van der Waals surface area contributed by atoms with Crippen LogP contribution in [0.1, 0.15) is 36.5 Å². The lowest BCUT2D eigenvalue weighted by Crippen LogP contribution is -2.39. The van der Waals surface area contributed by atoms with Crippen molar-refractivity contribution < 1.29 is 14.6 Å². The van der Waals surface area contributed by atoms with E-state index in [-0.39, 0.29) is 18.7 Å². The maximum Gasteiger partial charge on any atom is 0.317 e. The summed E-state index contributed by atoms with van der Waals surface area (Å²) in [7, 11) is 1.67. The molecule has 1 aliphatic carbocycles. The summed E-state index contributed by atoms with van der Waals surface area (Å²) < 4.78 is 5.99. The summed E-state index contributed by atoms with van der Waals surface area (Å²) in [5.41, 5.74) is 2.72. The van der Waals surface area contributed by atoms with Crippen LogP contribution in [-0.4, -0.2) is 49.4 Å². The summed E-state index contributed by atoms with van der Waals surface area (Å²) in [5.74, 6) is 0. The number of fused-ring (bicyclic) bond motifs is 1. The number of likely N-dealkylation sites (N-methyl/N-ethyl adjacent to an activating group) is 1. The van der Waals surface area contributed by atoms with Crippen molar-refractivity contribution in [2.75, 3.05) is 33.4 Å². The van der Waals surface area contributed by atoms with Crippen LogP contribution in [0, 0.1) is 0 Å². The minimum atomic E-state index is -0.155. The van der Waals surface area contributed by atoms with Gasteiger partial charge in [0.1, 0.15) is 0 Å². The third kappa shape index (κ3) is 4.71. The number of benzene rings is 1. The minimum Gasteiger partial charge on any atom is -0.395 e. The maximum absolute atomic E-state index is 11.6. The fraction of sp³-hybridized carbons (Fsp3) is 0.588. The number of hydrogen-bond acceptors (Lipinski definition) is 3. The zero-order chi connectivity index (χ0) is 15.8. The number of aryl methyl sites for hydroxylation is 1. The van der Waals surface area contributed by atoms with Crippen LogP contribution in [0.2, 0.25) is 0 Å². The number of aliphatic hydroxyl groups is 1. The fourth-order valence-corrected chi connectivity index (χ4v) is 2.76. The molecule has 2 rings (SSSR count). The maximum atomic E-state index is 11.6. The van der Waals surface area contributed by atoms with Crippen LogP contribution in [0.25, 0.3) is 0 Å². The number of nitrogens with zero attached hydrogens (tertiary/aromatic N) is 1. The van der Waals surface area contributed by atoms with Crippen molar-refractivity contribution in [3.63, 3.8) is 0 Å². The highest BCUT2D eigenvalue weighted by Crippen LogP contribution is 2.32. The molecule has 1 aliphatic rings. The summed E-state index contributed by atoms with van der Waals surface area (Å²) in [6, 6.07) is 8.33. The van der Waals surface area contributed by atoms with Gasteiger partial charge < -0.3 is 20.1 Å². The Morgan fingerprint density at radius 3 is 3.09 bits per heavy atom. The first-order valence-corrected chi connectivity index (χ1v) is 8.01. The molecule has 2 amide bonds. The summed E-state index contributed by atoms with van der Waals surface area (Å²) >= 11 is 0. The third-order valence-corrected chi connectivity index (χ3v) is 4.01. The van der Waals surface area contributed by atoms with Gasteiger partial charge in [0.05, 0.1) is 12.7 Å². The Balaban J connectivity index is 1.67. The molecular formula is C17H26N2O3. The van der Waals surface area contributed by atoms with Crippen LogP contribution >= 0.6 is 0 Å². The molecule has 122 valence electrons. The number of amides is 2. The van der Waals surface area contributed by atoms with Crippen LogP contribution in [0.5, 0.6) is 0 Å². The van der Waals surface area contributed by atoms with Gasteiger partial charge in [0, 0.05) is 26.7 Å². The summed E-state index contributed by atoms with van der Waals surface area (Å²) in [6.45, 7) is 1.56. The van der Waals surface area contributed by atoms with Crippen molar-refractivity contribution in [2.45, 2.75) is 31.8 Å². The number of carbonyl (C=O) groups is 1. The predicted octanol–water partition coefficient (Wildman–Crippen LogP) is 2.10. The van der Waals surface area contributed by atoms with Crippen LogP contribution < -0.4 is 5.32 Å². The molecule has 1 aromatic rings. The molecule has 0 aliphatic heterocycles. The SMILES string of the molecule is CN(CCO)C(=O)NCCCOC1CCCc2ccccc21. The zero-order valence-corrected chi connectivity index (χ0v) is 13.3. The zero-order valence-electron chi connectivity index (χ0n) is 13.3. The van der Waals surface area contributed by atoms with E-state index in [2.05, 4.69) is 29.6 Å². The second kappa shape index (κ2) is 8.76. The Hall–Kier alpha value is -1.59. The lowest BCUT2D eigenvalue weighted by atomic mass is 9.89. The second-order valence-electron chi connectivity index (χ2n) is 5.68. The van der Waals surface area contributed by atoms with Gasteiger partial charge in [-0.3, -0.25) is 0 Å². The van der Waals surface area contributed by atoms with Crippen molar-refractivity contribution >= 4 is 6.03 Å². The number of urea groups is 1. The van der Waals surface area contributed by atoms with Gasteiger partial charge in [0.15, 0.2) is 0 Å². The molecule has 0 saturated carbocycles. The van der Waals surface area contributed by atoms with E-state index < -0.39 is 0 Å². The van der Waals surface area contributed by atoms with Gasteiger partial charge in [-0.15, -0.1) is 0 Å². The Morgan fingerprint density at radius 1 is 1.45 bits per heavy atom. The van der Waals surface area contributed by atoms with Gasteiger partial charge >= 0.3 is 6.03 Å². The number of ether oxygens (including phenoxy) is 1. The predicted molar refractivity (Wildman–Crippen MR) is 85.8 cm³/mol. The van der Waals surface area contributed by atoms with Crippen molar-refractivity contribution in [1.29, 1.82) is 0 Å². The second-order valence-corrected chi connectivity index (χ2v) is 5.68. The standard InChI is InChI=1S/C17H26N2O3/c1-19(11-12-20)17(21)18-10-5-13-22-16-9-4-7-14-6-2-3-8-15(14)16/h2-3,6,8,16,20H,4-5,7,9-13H2,1H3,(H,18,21). The average molecular weight is 306 g/mol. The van der Waals surface area contributed by atoms with E-state index in [0.29, 0.717) is 19.7 Å². The number of aliphatic hydroxyl groups excluding tert-OH is 1. The van der Waals surface area contributed by atoms with Gasteiger partial charge in [0.25, 0.3) is 0 Å². The molecule has 0 bridgehead atoms. The quantitative estimate of drug-likeness (QED) is 0.758. The van der Waals surface area contributed by atoms with Crippen LogP contribution in [0.3, 0.4) is 0 Å². The molecule has 22 heavy (non-hydrogen) atoms. The Morgan fingerprint density at radius 2 is 2.27 bits per heavy atom. The average Bonchev–Trinajstić information content (AvgIpc) is 2.54. The molecule has 5 nitrogen and oxygen atoms in total. The fourth-order valence-electron chi connectivity index (χ4n) is 2.76. The van der Waals surface area contributed by atoms with Gasteiger partial charge in [-0.1, -0.05) is 24.3 Å². The number of hydrogen-bond donors (Lipinski definition) is 2. The molecule has 0 radical (unpaired) electrons. The molecule has 2 N–H and O–H groups in total. The van der Waals surface area contributed by atoms with Crippen LogP contribution in [-0.2, 0) is 11.2 Å². The number of carbonyl (C=O) groups excluding carboxylic acids is 1. The van der Waals surface area contributed by atoms with Gasteiger partial charge in [0.2, 0.25) is 0 Å². The van der Waals surface area contributed by atoms with E-state index in [0.717, 1.165) is 19.3 Å².